The Balaban J connectivity index is 1.99. The van der Waals surface area contributed by atoms with Gasteiger partial charge in [-0.05, 0) is 17.8 Å². The molecule has 0 bridgehead atoms. The van der Waals surface area contributed by atoms with Crippen molar-refractivity contribution < 1.29 is 4.79 Å². The molecule has 3 rings (SSSR count). The average molecular weight is 245 g/mol. The SMILES string of the molecule is CN1CC=C2N=C(c3ccccc3)SC(=O)N21. The van der Waals surface area contributed by atoms with Crippen LogP contribution in [-0.4, -0.2) is 33.9 Å². The number of hydrazine groups is 1. The van der Waals surface area contributed by atoms with E-state index in [4.69, 9.17) is 0 Å². The van der Waals surface area contributed by atoms with Crippen molar-refractivity contribution in [1.82, 2.24) is 10.0 Å². The van der Waals surface area contributed by atoms with E-state index in [2.05, 4.69) is 4.99 Å². The highest BCUT2D eigenvalue weighted by atomic mass is 32.2. The fraction of sp³-hybridized carbons (Fsp3) is 0.167. The zero-order valence-electron chi connectivity index (χ0n) is 9.33. The van der Waals surface area contributed by atoms with Gasteiger partial charge in [-0.2, -0.15) is 0 Å². The van der Waals surface area contributed by atoms with Gasteiger partial charge < -0.3 is 0 Å². The molecule has 0 saturated carbocycles. The van der Waals surface area contributed by atoms with E-state index in [9.17, 15) is 4.79 Å². The fourth-order valence-electron chi connectivity index (χ4n) is 1.84. The summed E-state index contributed by atoms with van der Waals surface area (Å²) in [5, 5.41) is 4.24. The van der Waals surface area contributed by atoms with Gasteiger partial charge in [0.25, 0.3) is 0 Å². The predicted octanol–water partition coefficient (Wildman–Crippen LogP) is 2.30. The van der Waals surface area contributed by atoms with Crippen LogP contribution in [0.15, 0.2) is 47.2 Å². The Kier molecular flexibility index (Phi) is 2.49. The van der Waals surface area contributed by atoms with Gasteiger partial charge >= 0.3 is 5.24 Å². The number of amides is 1. The van der Waals surface area contributed by atoms with Crippen molar-refractivity contribution in [3.63, 3.8) is 0 Å². The molecule has 1 amide bonds. The van der Waals surface area contributed by atoms with E-state index in [1.54, 1.807) is 5.01 Å². The predicted molar refractivity (Wildman–Crippen MR) is 68.5 cm³/mol. The quantitative estimate of drug-likeness (QED) is 0.761. The van der Waals surface area contributed by atoms with E-state index in [1.165, 1.54) is 11.8 Å². The summed E-state index contributed by atoms with van der Waals surface area (Å²) in [7, 11) is 1.88. The van der Waals surface area contributed by atoms with E-state index in [-0.39, 0.29) is 5.24 Å². The summed E-state index contributed by atoms with van der Waals surface area (Å²) in [6, 6.07) is 9.78. The van der Waals surface area contributed by atoms with Gasteiger partial charge in [-0.1, -0.05) is 30.3 Å². The highest BCUT2D eigenvalue weighted by Gasteiger charge is 2.32. The maximum Gasteiger partial charge on any atom is 0.308 e. The summed E-state index contributed by atoms with van der Waals surface area (Å²) in [5.74, 6) is 0.732. The van der Waals surface area contributed by atoms with Crippen molar-refractivity contribution in [3.05, 3.63) is 47.8 Å². The molecule has 0 spiro atoms. The zero-order chi connectivity index (χ0) is 11.8. The van der Waals surface area contributed by atoms with Crippen LogP contribution in [-0.2, 0) is 0 Å². The Morgan fingerprint density at radius 2 is 2.06 bits per heavy atom. The summed E-state index contributed by atoms with van der Waals surface area (Å²) in [5.41, 5.74) is 0.987. The first-order valence-corrected chi connectivity index (χ1v) is 6.14. The average Bonchev–Trinajstić information content (AvgIpc) is 2.73. The Morgan fingerprint density at radius 1 is 1.29 bits per heavy atom. The molecule has 86 valence electrons. The fourth-order valence-corrected chi connectivity index (χ4v) is 2.72. The summed E-state index contributed by atoms with van der Waals surface area (Å²) in [6.45, 7) is 0.729. The van der Waals surface area contributed by atoms with Gasteiger partial charge in [0.15, 0.2) is 0 Å². The number of rotatable bonds is 1. The van der Waals surface area contributed by atoms with Gasteiger partial charge in [0, 0.05) is 19.2 Å². The number of fused-ring (bicyclic) bond motifs is 1. The number of nitrogens with zero attached hydrogens (tertiary/aromatic N) is 3. The van der Waals surface area contributed by atoms with Crippen LogP contribution >= 0.6 is 11.8 Å². The number of aliphatic imine (C=N–C) groups is 1. The number of hydrogen-bond donors (Lipinski definition) is 0. The smallest absolute Gasteiger partial charge is 0.259 e. The van der Waals surface area contributed by atoms with Crippen molar-refractivity contribution in [2.45, 2.75) is 0 Å². The topological polar surface area (TPSA) is 35.9 Å². The number of likely N-dealkylation sites (N-methyl/N-ethyl adjacent to an activating group) is 1. The lowest BCUT2D eigenvalue weighted by Gasteiger charge is -2.28. The van der Waals surface area contributed by atoms with E-state index in [1.807, 2.05) is 48.5 Å². The molecule has 0 atom stereocenters. The van der Waals surface area contributed by atoms with Crippen molar-refractivity contribution in [2.24, 2.45) is 4.99 Å². The summed E-state index contributed by atoms with van der Waals surface area (Å²) in [6.07, 6.45) is 1.96. The third-order valence-corrected chi connectivity index (χ3v) is 3.56. The molecule has 1 aromatic rings. The second-order valence-corrected chi connectivity index (χ2v) is 4.81. The number of hydrogen-bond acceptors (Lipinski definition) is 4. The molecule has 0 aromatic heterocycles. The minimum atomic E-state index is 0.00473. The van der Waals surface area contributed by atoms with Crippen molar-refractivity contribution in [2.75, 3.05) is 13.6 Å². The first-order valence-electron chi connectivity index (χ1n) is 5.33. The zero-order valence-corrected chi connectivity index (χ0v) is 10.1. The molecule has 0 saturated heterocycles. The molecule has 17 heavy (non-hydrogen) atoms. The molecule has 2 aliphatic heterocycles. The summed E-state index contributed by atoms with van der Waals surface area (Å²) in [4.78, 5) is 16.5. The van der Waals surface area contributed by atoms with Crippen molar-refractivity contribution in [1.29, 1.82) is 0 Å². The highest BCUT2D eigenvalue weighted by molar-refractivity contribution is 8.26. The normalized spacial score (nSPS) is 20.1. The van der Waals surface area contributed by atoms with Crippen LogP contribution in [0.4, 0.5) is 4.79 Å². The third-order valence-electron chi connectivity index (χ3n) is 2.69. The maximum absolute atomic E-state index is 12.0. The lowest BCUT2D eigenvalue weighted by atomic mass is 10.2. The monoisotopic (exact) mass is 245 g/mol. The Labute approximate surface area is 104 Å². The van der Waals surface area contributed by atoms with Gasteiger partial charge in [-0.15, -0.1) is 0 Å². The van der Waals surface area contributed by atoms with Gasteiger partial charge in [0.05, 0.1) is 0 Å². The van der Waals surface area contributed by atoms with Crippen LogP contribution in [0.3, 0.4) is 0 Å². The van der Waals surface area contributed by atoms with Crippen LogP contribution in [0, 0.1) is 0 Å². The molecule has 5 heteroatoms. The lowest BCUT2D eigenvalue weighted by molar-refractivity contribution is 0.115. The van der Waals surface area contributed by atoms with Crippen LogP contribution in [0.2, 0.25) is 0 Å². The Morgan fingerprint density at radius 3 is 2.82 bits per heavy atom. The summed E-state index contributed by atoms with van der Waals surface area (Å²) >= 11 is 1.17. The van der Waals surface area contributed by atoms with Crippen LogP contribution < -0.4 is 0 Å². The van der Waals surface area contributed by atoms with Crippen LogP contribution in [0.1, 0.15) is 5.56 Å². The molecule has 1 aromatic carbocycles. The van der Waals surface area contributed by atoms with E-state index >= 15 is 0 Å². The molecular weight excluding hydrogens is 234 g/mol. The second-order valence-electron chi connectivity index (χ2n) is 3.87. The van der Waals surface area contributed by atoms with Crippen molar-refractivity contribution >= 4 is 22.0 Å². The van der Waals surface area contributed by atoms with Gasteiger partial charge in [0.2, 0.25) is 0 Å². The minimum absolute atomic E-state index is 0.00473. The molecule has 0 aliphatic carbocycles. The molecule has 0 unspecified atom stereocenters. The summed E-state index contributed by atoms with van der Waals surface area (Å²) < 4.78 is 0. The first kappa shape index (κ1) is 10.6. The van der Waals surface area contributed by atoms with Gasteiger partial charge in [-0.3, -0.25) is 4.79 Å². The second kappa shape index (κ2) is 4.01. The first-order chi connectivity index (χ1) is 8.25. The molecule has 2 aliphatic rings. The van der Waals surface area contributed by atoms with Crippen LogP contribution in [0.25, 0.3) is 0 Å². The lowest BCUT2D eigenvalue weighted by Crippen LogP contribution is -2.39. The number of thioether (sulfide) groups is 1. The highest BCUT2D eigenvalue weighted by Crippen LogP contribution is 2.30. The minimum Gasteiger partial charge on any atom is -0.259 e. The molecule has 4 nitrogen and oxygen atoms in total. The Hall–Kier alpha value is -1.59. The van der Waals surface area contributed by atoms with Gasteiger partial charge in [-0.25, -0.2) is 15.0 Å². The van der Waals surface area contributed by atoms with E-state index in [0.29, 0.717) is 0 Å². The maximum atomic E-state index is 12.0. The molecule has 0 N–H and O–H groups in total. The number of benzene rings is 1. The molecule has 0 fully saturated rings. The molecule has 0 radical (unpaired) electrons. The number of carbonyl (C=O) groups excluding carboxylic acids is 1. The van der Waals surface area contributed by atoms with Crippen LogP contribution in [0.5, 0.6) is 0 Å². The van der Waals surface area contributed by atoms with Crippen molar-refractivity contribution in [3.8, 4) is 0 Å². The largest absolute Gasteiger partial charge is 0.308 e. The van der Waals surface area contributed by atoms with Gasteiger partial charge in [0.1, 0.15) is 10.9 Å². The molecular formula is C12H11N3OS. The standard InChI is InChI=1S/C12H11N3OS/c1-14-8-7-10-13-11(17-12(16)15(10)14)9-5-3-2-4-6-9/h2-7H,8H2,1H3. The van der Waals surface area contributed by atoms with E-state index < -0.39 is 0 Å². The molecule has 2 heterocycles. The Bertz CT molecular complexity index is 524. The number of carbonyl (C=O) groups is 1. The third kappa shape index (κ3) is 1.77. The van der Waals surface area contributed by atoms with E-state index in [0.717, 1.165) is 23.0 Å².